The molecule has 1 rings (SSSR count). The lowest BCUT2D eigenvalue weighted by Crippen LogP contribution is -2.44. The summed E-state index contributed by atoms with van der Waals surface area (Å²) in [5, 5.41) is 12.6. The van der Waals surface area contributed by atoms with E-state index in [1.807, 2.05) is 32.9 Å². The van der Waals surface area contributed by atoms with Gasteiger partial charge in [-0.05, 0) is 20.3 Å². The molecule has 1 unspecified atom stereocenters. The zero-order valence-electron chi connectivity index (χ0n) is 11.1. The number of aliphatic hydroxyl groups excluding tert-OH is 1. The summed E-state index contributed by atoms with van der Waals surface area (Å²) in [5.41, 5.74) is 1.61. The van der Waals surface area contributed by atoms with E-state index >= 15 is 0 Å². The number of hydrogen-bond acceptors (Lipinski definition) is 4. The standard InChI is InChI=1S/C13H22N2O2/c1-5-13(3,9-16)14-8-11-7-12(17-4)6-10(2)15-11/h6-7,14,16H,5,8-9H2,1-4H3. The first-order valence-corrected chi connectivity index (χ1v) is 5.90. The number of pyridine rings is 1. The monoisotopic (exact) mass is 238 g/mol. The first-order valence-electron chi connectivity index (χ1n) is 5.90. The van der Waals surface area contributed by atoms with Crippen molar-refractivity contribution in [1.29, 1.82) is 0 Å². The van der Waals surface area contributed by atoms with E-state index in [1.54, 1.807) is 7.11 Å². The third-order valence-electron chi connectivity index (χ3n) is 3.04. The summed E-state index contributed by atoms with van der Waals surface area (Å²) in [6.07, 6.45) is 0.868. The fraction of sp³-hybridized carbons (Fsp3) is 0.615. The minimum Gasteiger partial charge on any atom is -0.497 e. The quantitative estimate of drug-likeness (QED) is 0.791. The molecule has 1 aromatic heterocycles. The molecule has 17 heavy (non-hydrogen) atoms. The number of aliphatic hydroxyl groups is 1. The Kier molecular flexibility index (Phi) is 4.90. The number of methoxy groups -OCH3 is 1. The molecule has 4 nitrogen and oxygen atoms in total. The molecule has 0 aromatic carbocycles. The first kappa shape index (κ1) is 13.9. The molecule has 0 saturated heterocycles. The van der Waals surface area contributed by atoms with Crippen LogP contribution in [0.2, 0.25) is 0 Å². The van der Waals surface area contributed by atoms with E-state index in [-0.39, 0.29) is 12.1 Å². The smallest absolute Gasteiger partial charge is 0.122 e. The predicted molar refractivity (Wildman–Crippen MR) is 68.1 cm³/mol. The van der Waals surface area contributed by atoms with Crippen molar-refractivity contribution in [3.63, 3.8) is 0 Å². The maximum absolute atomic E-state index is 9.31. The van der Waals surface area contributed by atoms with Gasteiger partial charge in [0.2, 0.25) is 0 Å². The fourth-order valence-corrected chi connectivity index (χ4v) is 1.51. The van der Waals surface area contributed by atoms with Crippen LogP contribution in [0.15, 0.2) is 12.1 Å². The number of nitrogens with one attached hydrogen (secondary N) is 1. The maximum atomic E-state index is 9.31. The van der Waals surface area contributed by atoms with Crippen LogP contribution in [-0.4, -0.2) is 29.3 Å². The summed E-state index contributed by atoms with van der Waals surface area (Å²) >= 11 is 0. The highest BCUT2D eigenvalue weighted by Gasteiger charge is 2.19. The molecule has 0 spiro atoms. The second kappa shape index (κ2) is 5.98. The van der Waals surface area contributed by atoms with E-state index in [4.69, 9.17) is 4.74 Å². The van der Waals surface area contributed by atoms with Crippen molar-refractivity contribution in [1.82, 2.24) is 10.3 Å². The molecule has 96 valence electrons. The number of nitrogens with zero attached hydrogens (tertiary/aromatic N) is 1. The van der Waals surface area contributed by atoms with E-state index in [9.17, 15) is 5.11 Å². The van der Waals surface area contributed by atoms with Gasteiger partial charge in [-0.1, -0.05) is 6.92 Å². The van der Waals surface area contributed by atoms with Gasteiger partial charge in [0.25, 0.3) is 0 Å². The number of hydrogen-bond donors (Lipinski definition) is 2. The molecular weight excluding hydrogens is 216 g/mol. The van der Waals surface area contributed by atoms with Gasteiger partial charge in [-0.25, -0.2) is 0 Å². The van der Waals surface area contributed by atoms with Crippen LogP contribution in [-0.2, 0) is 6.54 Å². The van der Waals surface area contributed by atoms with E-state index in [1.165, 1.54) is 0 Å². The minimum absolute atomic E-state index is 0.118. The Balaban J connectivity index is 2.72. The van der Waals surface area contributed by atoms with Gasteiger partial charge in [-0.15, -0.1) is 0 Å². The zero-order valence-corrected chi connectivity index (χ0v) is 11.1. The van der Waals surface area contributed by atoms with E-state index < -0.39 is 0 Å². The van der Waals surface area contributed by atoms with Crippen LogP contribution in [0, 0.1) is 6.92 Å². The Labute approximate surface area is 103 Å². The van der Waals surface area contributed by atoms with Crippen LogP contribution in [0.4, 0.5) is 0 Å². The van der Waals surface area contributed by atoms with Crippen molar-refractivity contribution in [3.05, 3.63) is 23.5 Å². The van der Waals surface area contributed by atoms with Gasteiger partial charge < -0.3 is 15.2 Å². The van der Waals surface area contributed by atoms with Crippen LogP contribution < -0.4 is 10.1 Å². The van der Waals surface area contributed by atoms with Gasteiger partial charge in [-0.2, -0.15) is 0 Å². The topological polar surface area (TPSA) is 54.4 Å². The lowest BCUT2D eigenvalue weighted by atomic mass is 10.0. The third kappa shape index (κ3) is 3.98. The molecule has 0 amide bonds. The van der Waals surface area contributed by atoms with E-state index in [0.29, 0.717) is 6.54 Å². The van der Waals surface area contributed by atoms with E-state index in [2.05, 4.69) is 10.3 Å². The Morgan fingerprint density at radius 1 is 1.47 bits per heavy atom. The van der Waals surface area contributed by atoms with Crippen molar-refractivity contribution in [2.24, 2.45) is 0 Å². The fourth-order valence-electron chi connectivity index (χ4n) is 1.51. The first-order chi connectivity index (χ1) is 8.03. The molecule has 0 bridgehead atoms. The van der Waals surface area contributed by atoms with Crippen molar-refractivity contribution >= 4 is 0 Å². The van der Waals surface area contributed by atoms with Gasteiger partial charge in [0.05, 0.1) is 19.4 Å². The summed E-state index contributed by atoms with van der Waals surface area (Å²) in [6, 6.07) is 3.81. The summed E-state index contributed by atoms with van der Waals surface area (Å²) in [7, 11) is 1.65. The Bertz CT molecular complexity index is 362. The second-order valence-corrected chi connectivity index (χ2v) is 4.57. The van der Waals surface area contributed by atoms with Gasteiger partial charge in [-0.3, -0.25) is 4.98 Å². The Morgan fingerprint density at radius 2 is 2.18 bits per heavy atom. The highest BCUT2D eigenvalue weighted by Crippen LogP contribution is 2.15. The highest BCUT2D eigenvalue weighted by atomic mass is 16.5. The van der Waals surface area contributed by atoms with Gasteiger partial charge in [0, 0.05) is 29.9 Å². The van der Waals surface area contributed by atoms with Crippen molar-refractivity contribution in [3.8, 4) is 5.75 Å². The Morgan fingerprint density at radius 3 is 2.71 bits per heavy atom. The number of ether oxygens (including phenoxy) is 1. The van der Waals surface area contributed by atoms with Crippen molar-refractivity contribution in [2.45, 2.75) is 39.3 Å². The molecule has 0 aliphatic rings. The lowest BCUT2D eigenvalue weighted by Gasteiger charge is -2.27. The van der Waals surface area contributed by atoms with Crippen molar-refractivity contribution in [2.75, 3.05) is 13.7 Å². The predicted octanol–water partition coefficient (Wildman–Crippen LogP) is 1.65. The second-order valence-electron chi connectivity index (χ2n) is 4.57. The van der Waals surface area contributed by atoms with Gasteiger partial charge in [0.15, 0.2) is 0 Å². The summed E-state index contributed by atoms with van der Waals surface area (Å²) < 4.78 is 5.20. The lowest BCUT2D eigenvalue weighted by molar-refractivity contribution is 0.168. The average molecular weight is 238 g/mol. The summed E-state index contributed by atoms with van der Waals surface area (Å²) in [5.74, 6) is 0.816. The molecule has 4 heteroatoms. The summed E-state index contributed by atoms with van der Waals surface area (Å²) in [4.78, 5) is 4.43. The SMILES string of the molecule is CCC(C)(CO)NCc1cc(OC)cc(C)n1. The number of rotatable bonds is 6. The highest BCUT2D eigenvalue weighted by molar-refractivity contribution is 5.26. The minimum atomic E-state index is -0.251. The molecule has 0 fully saturated rings. The third-order valence-corrected chi connectivity index (χ3v) is 3.04. The molecule has 1 atom stereocenters. The molecule has 1 aromatic rings. The van der Waals surface area contributed by atoms with Crippen LogP contribution >= 0.6 is 0 Å². The molecular formula is C13H22N2O2. The number of aryl methyl sites for hydroxylation is 1. The van der Waals surface area contributed by atoms with Gasteiger partial charge in [0.1, 0.15) is 5.75 Å². The zero-order chi connectivity index (χ0) is 12.9. The average Bonchev–Trinajstić information content (AvgIpc) is 2.35. The molecule has 0 radical (unpaired) electrons. The molecule has 0 aliphatic heterocycles. The normalized spacial score (nSPS) is 14.4. The summed E-state index contributed by atoms with van der Waals surface area (Å²) in [6.45, 7) is 6.74. The molecule has 2 N–H and O–H groups in total. The van der Waals surface area contributed by atoms with E-state index in [0.717, 1.165) is 23.6 Å². The van der Waals surface area contributed by atoms with Crippen LogP contribution in [0.1, 0.15) is 31.7 Å². The van der Waals surface area contributed by atoms with Crippen LogP contribution in [0.3, 0.4) is 0 Å². The maximum Gasteiger partial charge on any atom is 0.122 e. The van der Waals surface area contributed by atoms with Gasteiger partial charge >= 0.3 is 0 Å². The number of aromatic nitrogens is 1. The van der Waals surface area contributed by atoms with Crippen molar-refractivity contribution < 1.29 is 9.84 Å². The van der Waals surface area contributed by atoms with Crippen LogP contribution in [0.5, 0.6) is 5.75 Å². The van der Waals surface area contributed by atoms with Crippen LogP contribution in [0.25, 0.3) is 0 Å². The molecule has 0 aliphatic carbocycles. The Hall–Kier alpha value is -1.13. The molecule has 1 heterocycles. The largest absolute Gasteiger partial charge is 0.497 e. The molecule has 0 saturated carbocycles.